The van der Waals surface area contributed by atoms with Gasteiger partial charge in [-0.2, -0.15) is 0 Å². The maximum absolute atomic E-state index is 6.63. The summed E-state index contributed by atoms with van der Waals surface area (Å²) in [4.78, 5) is 0. The van der Waals surface area contributed by atoms with Crippen molar-refractivity contribution in [3.8, 4) is 22.3 Å². The van der Waals surface area contributed by atoms with Gasteiger partial charge in [0.1, 0.15) is 22.3 Å². The Bertz CT molecular complexity index is 3000. The molecule has 0 N–H and O–H groups in total. The van der Waals surface area contributed by atoms with Crippen molar-refractivity contribution >= 4 is 81.8 Å². The van der Waals surface area contributed by atoms with Crippen molar-refractivity contribution in [1.82, 2.24) is 0 Å². The number of hydrogen-bond acceptors (Lipinski definition) is 2. The molecule has 0 amide bonds. The van der Waals surface area contributed by atoms with E-state index in [-0.39, 0.29) is 0 Å². The Kier molecular flexibility index (Phi) is 6.21. The maximum atomic E-state index is 6.63. The third-order valence-electron chi connectivity index (χ3n) is 10.2. The average molecular weight is 639 g/mol. The second-order valence-corrected chi connectivity index (χ2v) is 12.9. The van der Waals surface area contributed by atoms with Crippen molar-refractivity contribution in [2.75, 3.05) is 0 Å². The Labute approximate surface area is 288 Å². The summed E-state index contributed by atoms with van der Waals surface area (Å²) < 4.78 is 12.9. The van der Waals surface area contributed by atoms with Gasteiger partial charge < -0.3 is 8.83 Å². The summed E-state index contributed by atoms with van der Waals surface area (Å²) in [5, 5.41) is 11.4. The molecule has 50 heavy (non-hydrogen) atoms. The molecule has 0 saturated heterocycles. The van der Waals surface area contributed by atoms with Crippen molar-refractivity contribution in [2.45, 2.75) is 0 Å². The van der Waals surface area contributed by atoms with Crippen LogP contribution in [0.1, 0.15) is 5.56 Å². The van der Waals surface area contributed by atoms with Crippen molar-refractivity contribution in [3.05, 3.63) is 176 Å². The van der Waals surface area contributed by atoms with Crippen molar-refractivity contribution < 1.29 is 8.83 Å². The molecule has 0 radical (unpaired) electrons. The first kappa shape index (κ1) is 28.4. The second kappa shape index (κ2) is 10.9. The molecular weight excluding hydrogens is 609 g/mol. The lowest BCUT2D eigenvalue weighted by Crippen LogP contribution is -1.92. The molecule has 10 rings (SSSR count). The monoisotopic (exact) mass is 638 g/mol. The summed E-state index contributed by atoms with van der Waals surface area (Å²) in [6, 6.07) is 49.6. The highest BCUT2D eigenvalue weighted by Crippen LogP contribution is 2.44. The zero-order valence-electron chi connectivity index (χ0n) is 27.2. The number of allylic oxidation sites excluding steroid dienone is 4. The first-order valence-corrected chi connectivity index (χ1v) is 16.9. The number of fused-ring (bicyclic) bond motifs is 11. The lowest BCUT2D eigenvalue weighted by atomic mass is 9.86. The van der Waals surface area contributed by atoms with Gasteiger partial charge >= 0.3 is 0 Å². The molecule has 234 valence electrons. The lowest BCUT2D eigenvalue weighted by molar-refractivity contribution is 0.668. The first-order chi connectivity index (χ1) is 24.7. The smallest absolute Gasteiger partial charge is 0.144 e. The van der Waals surface area contributed by atoms with Crippen LogP contribution >= 0.6 is 0 Å². The quantitative estimate of drug-likeness (QED) is 0.138. The lowest BCUT2D eigenvalue weighted by Gasteiger charge is -2.18. The molecule has 2 heterocycles. The Morgan fingerprint density at radius 3 is 1.82 bits per heavy atom. The van der Waals surface area contributed by atoms with Gasteiger partial charge in [-0.1, -0.05) is 141 Å². The van der Waals surface area contributed by atoms with E-state index in [2.05, 4.69) is 141 Å². The molecule has 0 saturated carbocycles. The van der Waals surface area contributed by atoms with Crippen LogP contribution in [0.4, 0.5) is 0 Å². The number of hydrogen-bond donors (Lipinski definition) is 0. The van der Waals surface area contributed by atoms with Crippen LogP contribution in [0.2, 0.25) is 0 Å². The largest absolute Gasteiger partial charge is 0.456 e. The SMILES string of the molecule is C=C/C=C\C(=C)c1c2ccccc2c(-c2ccc(-c3ccc4oc5c(ccc6ccc7oc8ccccc8c7c65)c4c3)cc2)c2ccccc12. The molecule has 0 atom stereocenters. The summed E-state index contributed by atoms with van der Waals surface area (Å²) >= 11 is 0. The predicted octanol–water partition coefficient (Wildman–Crippen LogP) is 14.0. The van der Waals surface area contributed by atoms with E-state index in [1.807, 2.05) is 24.3 Å². The number of benzene rings is 8. The molecule has 0 spiro atoms. The van der Waals surface area contributed by atoms with E-state index in [9.17, 15) is 0 Å². The molecule has 8 aromatic carbocycles. The zero-order chi connectivity index (χ0) is 33.3. The third kappa shape index (κ3) is 4.15. The van der Waals surface area contributed by atoms with Crippen LogP contribution in [-0.2, 0) is 0 Å². The Morgan fingerprint density at radius 1 is 0.480 bits per heavy atom. The molecule has 10 aromatic rings. The van der Waals surface area contributed by atoms with Crippen LogP contribution in [0.3, 0.4) is 0 Å². The van der Waals surface area contributed by atoms with Crippen LogP contribution in [0, 0.1) is 0 Å². The summed E-state index contributed by atoms with van der Waals surface area (Å²) in [5.41, 5.74) is 10.4. The standard InChI is InChI=1S/C48H30O2/c1-3-4-11-29(2)44-34-12-5-7-14-36(34)45(37-15-8-6-13-35(37)44)31-20-18-30(19-21-31)33-24-26-42-40(28-33)38-25-22-32-23-27-43-47(46(32)48(38)50-42)39-16-9-10-17-41(39)49-43/h3-28H,1-2H2/b11-4-. The van der Waals surface area contributed by atoms with Gasteiger partial charge in [0, 0.05) is 26.9 Å². The fraction of sp³-hybridized carbons (Fsp3) is 0. The Hall–Kier alpha value is -6.64. The first-order valence-electron chi connectivity index (χ1n) is 16.9. The Balaban J connectivity index is 1.12. The number of furan rings is 2. The van der Waals surface area contributed by atoms with E-state index in [1.54, 1.807) is 6.08 Å². The van der Waals surface area contributed by atoms with E-state index < -0.39 is 0 Å². The van der Waals surface area contributed by atoms with E-state index in [0.29, 0.717) is 0 Å². The molecule has 2 heteroatoms. The van der Waals surface area contributed by atoms with Crippen LogP contribution in [0.15, 0.2) is 180 Å². The topological polar surface area (TPSA) is 26.3 Å². The van der Waals surface area contributed by atoms with Gasteiger partial charge in [0.2, 0.25) is 0 Å². The van der Waals surface area contributed by atoms with Crippen LogP contribution in [-0.4, -0.2) is 0 Å². The maximum Gasteiger partial charge on any atom is 0.144 e. The van der Waals surface area contributed by atoms with Gasteiger partial charge in [0.25, 0.3) is 0 Å². The van der Waals surface area contributed by atoms with Gasteiger partial charge in [0.05, 0.1) is 0 Å². The summed E-state index contributed by atoms with van der Waals surface area (Å²) in [6.45, 7) is 8.29. The minimum absolute atomic E-state index is 0.872. The van der Waals surface area contributed by atoms with Gasteiger partial charge in [0.15, 0.2) is 0 Å². The van der Waals surface area contributed by atoms with Crippen molar-refractivity contribution in [2.24, 2.45) is 0 Å². The van der Waals surface area contributed by atoms with Crippen molar-refractivity contribution in [3.63, 3.8) is 0 Å². The molecule has 0 aliphatic rings. The number of rotatable bonds is 5. The van der Waals surface area contributed by atoms with E-state index in [1.165, 1.54) is 32.7 Å². The minimum Gasteiger partial charge on any atom is -0.456 e. The average Bonchev–Trinajstić information content (AvgIpc) is 3.74. The molecule has 0 bridgehead atoms. The highest BCUT2D eigenvalue weighted by Gasteiger charge is 2.19. The zero-order valence-corrected chi connectivity index (χ0v) is 27.2. The van der Waals surface area contributed by atoms with Gasteiger partial charge in [-0.25, -0.2) is 0 Å². The van der Waals surface area contributed by atoms with Crippen molar-refractivity contribution in [1.29, 1.82) is 0 Å². The summed E-state index contributed by atoms with van der Waals surface area (Å²) in [5.74, 6) is 0. The third-order valence-corrected chi connectivity index (χ3v) is 10.2. The van der Waals surface area contributed by atoms with Crippen LogP contribution < -0.4 is 0 Å². The second-order valence-electron chi connectivity index (χ2n) is 12.9. The molecule has 0 fully saturated rings. The van der Waals surface area contributed by atoms with E-state index in [4.69, 9.17) is 8.83 Å². The summed E-state index contributed by atoms with van der Waals surface area (Å²) in [7, 11) is 0. The highest BCUT2D eigenvalue weighted by atomic mass is 16.3. The minimum atomic E-state index is 0.872. The predicted molar refractivity (Wildman–Crippen MR) is 213 cm³/mol. The normalized spacial score (nSPS) is 12.1. The van der Waals surface area contributed by atoms with Gasteiger partial charge in [-0.3, -0.25) is 0 Å². The highest BCUT2D eigenvalue weighted by molar-refractivity contribution is 6.28. The van der Waals surface area contributed by atoms with Crippen LogP contribution in [0.25, 0.3) is 104 Å². The molecule has 2 aromatic heterocycles. The molecule has 2 nitrogen and oxygen atoms in total. The van der Waals surface area contributed by atoms with Crippen LogP contribution in [0.5, 0.6) is 0 Å². The van der Waals surface area contributed by atoms with Gasteiger partial charge in [-0.05, 0) is 90.7 Å². The summed E-state index contributed by atoms with van der Waals surface area (Å²) in [6.07, 6.45) is 5.78. The fourth-order valence-electron chi connectivity index (χ4n) is 7.92. The van der Waals surface area contributed by atoms with E-state index in [0.717, 1.165) is 76.9 Å². The molecule has 0 aliphatic heterocycles. The van der Waals surface area contributed by atoms with Gasteiger partial charge in [-0.15, -0.1) is 0 Å². The van der Waals surface area contributed by atoms with E-state index >= 15 is 0 Å². The molecule has 0 unspecified atom stereocenters. The molecular formula is C48H30O2. The Morgan fingerprint density at radius 2 is 1.08 bits per heavy atom. The molecule has 0 aliphatic carbocycles. The number of para-hydroxylation sites is 1. The fourth-order valence-corrected chi connectivity index (χ4v) is 7.92.